The summed E-state index contributed by atoms with van der Waals surface area (Å²) in [4.78, 5) is 37.4. The quantitative estimate of drug-likeness (QED) is 0.399. The Balaban J connectivity index is 2.10. The summed E-state index contributed by atoms with van der Waals surface area (Å²) in [6.07, 6.45) is 1.38. The third-order valence-electron chi connectivity index (χ3n) is 4.91. The van der Waals surface area contributed by atoms with E-state index >= 15 is 0 Å². The van der Waals surface area contributed by atoms with Gasteiger partial charge in [0.15, 0.2) is 6.61 Å². The Kier molecular flexibility index (Phi) is 9.46. The van der Waals surface area contributed by atoms with E-state index < -0.39 is 11.0 Å². The molecule has 9 heteroatoms. The Bertz CT molecular complexity index is 919. The molecule has 0 saturated heterocycles. The molecule has 0 aliphatic heterocycles. The van der Waals surface area contributed by atoms with E-state index in [1.165, 1.54) is 30.2 Å². The normalized spacial score (nSPS) is 11.3. The van der Waals surface area contributed by atoms with Crippen molar-refractivity contribution in [3.05, 3.63) is 64.2 Å². The molecule has 32 heavy (non-hydrogen) atoms. The van der Waals surface area contributed by atoms with Crippen LogP contribution in [0.2, 0.25) is 0 Å². The summed E-state index contributed by atoms with van der Waals surface area (Å²) in [6, 6.07) is 13.0. The standard InChI is InChI=1S/C23H29N3O6/c1-4-13-24-23(28)17(2)25(14-12-18-8-6-5-7-9-18)22(27)16-32-19-10-11-20(26(29)30)21(15-19)31-3/h5-11,15,17H,4,12-14,16H2,1-3H3,(H,24,28)/t17-/m1/s1. The third kappa shape index (κ3) is 6.97. The van der Waals surface area contributed by atoms with Crippen molar-refractivity contribution in [1.29, 1.82) is 0 Å². The van der Waals surface area contributed by atoms with E-state index in [4.69, 9.17) is 9.47 Å². The van der Waals surface area contributed by atoms with Gasteiger partial charge in [-0.2, -0.15) is 0 Å². The lowest BCUT2D eigenvalue weighted by molar-refractivity contribution is -0.385. The first-order valence-electron chi connectivity index (χ1n) is 10.4. The van der Waals surface area contributed by atoms with Crippen molar-refractivity contribution >= 4 is 17.5 Å². The predicted octanol–water partition coefficient (Wildman–Crippen LogP) is 2.97. The zero-order chi connectivity index (χ0) is 23.5. The lowest BCUT2D eigenvalue weighted by Crippen LogP contribution is -2.50. The van der Waals surface area contributed by atoms with Crippen LogP contribution in [0.25, 0.3) is 0 Å². The lowest BCUT2D eigenvalue weighted by Gasteiger charge is -2.28. The molecule has 0 aliphatic carbocycles. The van der Waals surface area contributed by atoms with E-state index in [0.29, 0.717) is 19.5 Å². The Hall–Kier alpha value is -3.62. The molecule has 0 saturated carbocycles. The Morgan fingerprint density at radius 2 is 1.91 bits per heavy atom. The Morgan fingerprint density at radius 3 is 2.53 bits per heavy atom. The topological polar surface area (TPSA) is 111 Å². The maximum Gasteiger partial charge on any atom is 0.311 e. The minimum Gasteiger partial charge on any atom is -0.490 e. The Morgan fingerprint density at radius 1 is 1.19 bits per heavy atom. The highest BCUT2D eigenvalue weighted by atomic mass is 16.6. The molecule has 0 fully saturated rings. The molecule has 2 aromatic carbocycles. The Labute approximate surface area is 187 Å². The number of carbonyl (C=O) groups excluding carboxylic acids is 2. The number of nitrogens with one attached hydrogen (secondary N) is 1. The van der Waals surface area contributed by atoms with Gasteiger partial charge in [-0.15, -0.1) is 0 Å². The van der Waals surface area contributed by atoms with Crippen molar-refractivity contribution in [3.8, 4) is 11.5 Å². The number of methoxy groups -OCH3 is 1. The second kappa shape index (κ2) is 12.3. The van der Waals surface area contributed by atoms with Gasteiger partial charge in [0.2, 0.25) is 11.7 Å². The van der Waals surface area contributed by atoms with Gasteiger partial charge in [-0.05, 0) is 31.4 Å². The number of hydrogen-bond acceptors (Lipinski definition) is 6. The zero-order valence-electron chi connectivity index (χ0n) is 18.6. The molecule has 2 aromatic rings. The molecule has 2 amide bonds. The number of nitrogens with zero attached hydrogens (tertiary/aromatic N) is 2. The minimum absolute atomic E-state index is 0.0354. The summed E-state index contributed by atoms with van der Waals surface area (Å²) in [5.41, 5.74) is 0.851. The lowest BCUT2D eigenvalue weighted by atomic mass is 10.1. The van der Waals surface area contributed by atoms with Crippen LogP contribution in [0.3, 0.4) is 0 Å². The number of rotatable bonds is 12. The fourth-order valence-corrected chi connectivity index (χ4v) is 3.09. The van der Waals surface area contributed by atoms with E-state index in [0.717, 1.165) is 12.0 Å². The van der Waals surface area contributed by atoms with Crippen molar-refractivity contribution < 1.29 is 24.0 Å². The van der Waals surface area contributed by atoms with Crippen LogP contribution in [0, 0.1) is 10.1 Å². The highest BCUT2D eigenvalue weighted by Gasteiger charge is 2.26. The van der Waals surface area contributed by atoms with Crippen molar-refractivity contribution in [2.75, 3.05) is 26.8 Å². The first-order valence-corrected chi connectivity index (χ1v) is 10.4. The van der Waals surface area contributed by atoms with Crippen LogP contribution in [0.4, 0.5) is 5.69 Å². The van der Waals surface area contributed by atoms with Gasteiger partial charge in [-0.25, -0.2) is 0 Å². The van der Waals surface area contributed by atoms with Crippen molar-refractivity contribution in [2.45, 2.75) is 32.7 Å². The molecule has 0 bridgehead atoms. The van der Waals surface area contributed by atoms with Crippen LogP contribution >= 0.6 is 0 Å². The highest BCUT2D eigenvalue weighted by Crippen LogP contribution is 2.30. The molecule has 1 N–H and O–H groups in total. The summed E-state index contributed by atoms with van der Waals surface area (Å²) >= 11 is 0. The average molecular weight is 444 g/mol. The molecule has 0 heterocycles. The van der Waals surface area contributed by atoms with Crippen LogP contribution in [0.5, 0.6) is 11.5 Å². The number of ether oxygens (including phenoxy) is 2. The molecule has 9 nitrogen and oxygen atoms in total. The maximum absolute atomic E-state index is 13.0. The smallest absolute Gasteiger partial charge is 0.311 e. The number of carbonyl (C=O) groups is 2. The molecule has 1 atom stereocenters. The fraction of sp³-hybridized carbons (Fsp3) is 0.391. The summed E-state index contributed by atoms with van der Waals surface area (Å²) < 4.78 is 10.6. The van der Waals surface area contributed by atoms with E-state index in [9.17, 15) is 19.7 Å². The van der Waals surface area contributed by atoms with Crippen LogP contribution in [-0.2, 0) is 16.0 Å². The number of hydrogen-bond donors (Lipinski definition) is 1. The molecule has 0 unspecified atom stereocenters. The van der Waals surface area contributed by atoms with Crippen LogP contribution in [0.1, 0.15) is 25.8 Å². The molecule has 0 aromatic heterocycles. The summed E-state index contributed by atoms with van der Waals surface area (Å²) in [6.45, 7) is 4.19. The van der Waals surface area contributed by atoms with Crippen molar-refractivity contribution in [1.82, 2.24) is 10.2 Å². The largest absolute Gasteiger partial charge is 0.490 e. The van der Waals surface area contributed by atoms with Gasteiger partial charge in [-0.1, -0.05) is 37.3 Å². The number of nitro groups is 1. The van der Waals surface area contributed by atoms with Crippen LogP contribution < -0.4 is 14.8 Å². The molecule has 2 rings (SSSR count). The molecule has 172 valence electrons. The predicted molar refractivity (Wildman–Crippen MR) is 120 cm³/mol. The van der Waals surface area contributed by atoms with Gasteiger partial charge in [0.25, 0.3) is 5.91 Å². The first-order chi connectivity index (χ1) is 15.4. The molecule has 0 radical (unpaired) electrons. The second-order valence-corrected chi connectivity index (χ2v) is 7.17. The number of benzene rings is 2. The van der Waals surface area contributed by atoms with Gasteiger partial charge in [0, 0.05) is 25.2 Å². The molecular formula is C23H29N3O6. The van der Waals surface area contributed by atoms with Gasteiger partial charge < -0.3 is 19.7 Å². The fourth-order valence-electron chi connectivity index (χ4n) is 3.09. The highest BCUT2D eigenvalue weighted by molar-refractivity contribution is 5.88. The monoisotopic (exact) mass is 443 g/mol. The van der Waals surface area contributed by atoms with Crippen molar-refractivity contribution in [2.24, 2.45) is 0 Å². The average Bonchev–Trinajstić information content (AvgIpc) is 2.81. The van der Waals surface area contributed by atoms with Gasteiger partial charge in [-0.3, -0.25) is 19.7 Å². The second-order valence-electron chi connectivity index (χ2n) is 7.17. The van der Waals surface area contributed by atoms with Crippen LogP contribution in [-0.4, -0.2) is 54.5 Å². The van der Waals surface area contributed by atoms with Gasteiger partial charge >= 0.3 is 5.69 Å². The van der Waals surface area contributed by atoms with Crippen LogP contribution in [0.15, 0.2) is 48.5 Å². The molecular weight excluding hydrogens is 414 g/mol. The van der Waals surface area contributed by atoms with Gasteiger partial charge in [0.1, 0.15) is 11.8 Å². The molecule has 0 aliphatic rings. The van der Waals surface area contributed by atoms with E-state index in [2.05, 4.69) is 5.32 Å². The van der Waals surface area contributed by atoms with E-state index in [1.807, 2.05) is 37.3 Å². The van der Waals surface area contributed by atoms with E-state index in [1.54, 1.807) is 6.92 Å². The third-order valence-corrected chi connectivity index (χ3v) is 4.91. The van der Waals surface area contributed by atoms with Gasteiger partial charge in [0.05, 0.1) is 12.0 Å². The maximum atomic E-state index is 13.0. The molecule has 0 spiro atoms. The summed E-state index contributed by atoms with van der Waals surface area (Å²) in [5, 5.41) is 13.9. The summed E-state index contributed by atoms with van der Waals surface area (Å²) in [7, 11) is 1.32. The summed E-state index contributed by atoms with van der Waals surface area (Å²) in [5.74, 6) is -0.303. The number of amides is 2. The number of nitro benzene ring substituents is 1. The zero-order valence-corrected chi connectivity index (χ0v) is 18.6. The SMILES string of the molecule is CCCNC(=O)[C@@H](C)N(CCc1ccccc1)C(=O)COc1ccc([N+](=O)[O-])c(OC)c1. The van der Waals surface area contributed by atoms with E-state index in [-0.39, 0.29) is 35.6 Å². The first kappa shape index (κ1) is 24.6. The van der Waals surface area contributed by atoms with Crippen molar-refractivity contribution in [3.63, 3.8) is 0 Å². The minimum atomic E-state index is -0.673.